The highest BCUT2D eigenvalue weighted by Gasteiger charge is 2.11. The van der Waals surface area contributed by atoms with Crippen molar-refractivity contribution in [2.24, 2.45) is 0 Å². The van der Waals surface area contributed by atoms with E-state index >= 15 is 0 Å². The number of halogens is 1. The van der Waals surface area contributed by atoms with Gasteiger partial charge >= 0.3 is 0 Å². The van der Waals surface area contributed by atoms with Crippen LogP contribution in [0.5, 0.6) is 5.75 Å². The molecule has 2 aromatic rings. The first-order chi connectivity index (χ1) is 11.6. The minimum absolute atomic E-state index is 0.162. The Balaban J connectivity index is 2.10. The molecular weight excluding hydrogens is 370 g/mol. The molecule has 0 bridgehead atoms. The molecule has 0 atom stereocenters. The lowest BCUT2D eigenvalue weighted by Gasteiger charge is -2.12. The number of benzene rings is 2. The van der Waals surface area contributed by atoms with Crippen molar-refractivity contribution in [2.75, 3.05) is 19.0 Å². The SMILES string of the molecule is CCCCOCc1cc(C(=O)Nc2cccc(Br)c2)ccc1OC. The first-order valence-corrected chi connectivity index (χ1v) is 8.75. The van der Waals surface area contributed by atoms with Gasteiger partial charge in [0.1, 0.15) is 5.75 Å². The quantitative estimate of drug-likeness (QED) is 0.642. The second-order valence-electron chi connectivity index (χ2n) is 5.40. The first-order valence-electron chi connectivity index (χ1n) is 7.95. The van der Waals surface area contributed by atoms with Crippen molar-refractivity contribution < 1.29 is 14.3 Å². The summed E-state index contributed by atoms with van der Waals surface area (Å²) in [5, 5.41) is 2.89. The maximum absolute atomic E-state index is 12.4. The van der Waals surface area contributed by atoms with Gasteiger partial charge in [0.25, 0.3) is 5.91 Å². The summed E-state index contributed by atoms with van der Waals surface area (Å²) in [5.74, 6) is 0.566. The molecule has 0 aliphatic carbocycles. The van der Waals surface area contributed by atoms with Crippen molar-refractivity contribution in [1.82, 2.24) is 0 Å². The van der Waals surface area contributed by atoms with Gasteiger partial charge < -0.3 is 14.8 Å². The molecular formula is C19H22BrNO3. The lowest BCUT2D eigenvalue weighted by molar-refractivity contribution is 0.102. The zero-order valence-electron chi connectivity index (χ0n) is 14.0. The molecule has 2 rings (SSSR count). The third kappa shape index (κ3) is 5.35. The van der Waals surface area contributed by atoms with Gasteiger partial charge in [-0.15, -0.1) is 0 Å². The van der Waals surface area contributed by atoms with E-state index in [2.05, 4.69) is 28.2 Å². The van der Waals surface area contributed by atoms with Gasteiger partial charge in [-0.2, -0.15) is 0 Å². The molecule has 24 heavy (non-hydrogen) atoms. The second-order valence-corrected chi connectivity index (χ2v) is 6.31. The Bertz CT molecular complexity index is 688. The molecule has 0 saturated heterocycles. The highest BCUT2D eigenvalue weighted by molar-refractivity contribution is 9.10. The maximum atomic E-state index is 12.4. The van der Waals surface area contributed by atoms with Crippen molar-refractivity contribution >= 4 is 27.5 Å². The fourth-order valence-electron chi connectivity index (χ4n) is 2.23. The van der Waals surface area contributed by atoms with Gasteiger partial charge in [0, 0.05) is 27.9 Å². The number of amides is 1. The number of anilines is 1. The molecule has 0 saturated carbocycles. The monoisotopic (exact) mass is 391 g/mol. The number of hydrogen-bond donors (Lipinski definition) is 1. The summed E-state index contributed by atoms with van der Waals surface area (Å²) >= 11 is 3.40. The van der Waals surface area contributed by atoms with Crippen LogP contribution in [-0.2, 0) is 11.3 Å². The zero-order chi connectivity index (χ0) is 17.4. The average Bonchev–Trinajstić information content (AvgIpc) is 2.58. The summed E-state index contributed by atoms with van der Waals surface area (Å²) in [6, 6.07) is 12.9. The summed E-state index contributed by atoms with van der Waals surface area (Å²) in [6.07, 6.45) is 2.11. The lowest BCUT2D eigenvalue weighted by Crippen LogP contribution is -2.12. The molecule has 0 unspecified atom stereocenters. The van der Waals surface area contributed by atoms with Crippen LogP contribution in [0.4, 0.5) is 5.69 Å². The Hall–Kier alpha value is -1.85. The number of ether oxygens (including phenoxy) is 2. The standard InChI is InChI=1S/C19H22BrNO3/c1-3-4-10-24-13-15-11-14(8-9-18(15)23-2)19(22)21-17-7-5-6-16(20)12-17/h5-9,11-12H,3-4,10,13H2,1-2H3,(H,21,22). The molecule has 4 nitrogen and oxygen atoms in total. The predicted molar refractivity (Wildman–Crippen MR) is 99.7 cm³/mol. The fraction of sp³-hybridized carbons (Fsp3) is 0.316. The number of methoxy groups -OCH3 is 1. The van der Waals surface area contributed by atoms with Crippen molar-refractivity contribution in [3.05, 3.63) is 58.1 Å². The smallest absolute Gasteiger partial charge is 0.255 e. The largest absolute Gasteiger partial charge is 0.496 e. The van der Waals surface area contributed by atoms with E-state index in [0.29, 0.717) is 18.8 Å². The first kappa shape index (κ1) is 18.5. The Morgan fingerprint density at radius 2 is 2.04 bits per heavy atom. The van der Waals surface area contributed by atoms with E-state index in [9.17, 15) is 4.79 Å². The van der Waals surface area contributed by atoms with E-state index in [1.807, 2.05) is 30.3 Å². The molecule has 0 aliphatic heterocycles. The molecule has 0 aromatic heterocycles. The normalized spacial score (nSPS) is 10.5. The van der Waals surface area contributed by atoms with Gasteiger partial charge in [-0.25, -0.2) is 0 Å². The molecule has 0 fully saturated rings. The van der Waals surface area contributed by atoms with E-state index in [4.69, 9.17) is 9.47 Å². The topological polar surface area (TPSA) is 47.6 Å². The Kier molecular flexibility index (Phi) is 7.28. The maximum Gasteiger partial charge on any atom is 0.255 e. The highest BCUT2D eigenvalue weighted by atomic mass is 79.9. The lowest BCUT2D eigenvalue weighted by atomic mass is 10.1. The van der Waals surface area contributed by atoms with Crippen LogP contribution in [-0.4, -0.2) is 19.6 Å². The Morgan fingerprint density at radius 3 is 2.75 bits per heavy atom. The summed E-state index contributed by atoms with van der Waals surface area (Å²) in [6.45, 7) is 3.26. The molecule has 0 radical (unpaired) electrons. The van der Waals surface area contributed by atoms with Crippen molar-refractivity contribution in [3.8, 4) is 5.75 Å². The van der Waals surface area contributed by atoms with Crippen LogP contribution in [0.25, 0.3) is 0 Å². The van der Waals surface area contributed by atoms with Gasteiger partial charge in [0.15, 0.2) is 0 Å². The number of carbonyl (C=O) groups is 1. The van der Waals surface area contributed by atoms with Crippen LogP contribution in [0.1, 0.15) is 35.7 Å². The summed E-state index contributed by atoms with van der Waals surface area (Å²) < 4.78 is 11.9. The van der Waals surface area contributed by atoms with Gasteiger partial charge in [-0.3, -0.25) is 4.79 Å². The molecule has 5 heteroatoms. The van der Waals surface area contributed by atoms with Crippen LogP contribution < -0.4 is 10.1 Å². The second kappa shape index (κ2) is 9.45. The highest BCUT2D eigenvalue weighted by Crippen LogP contribution is 2.22. The third-order valence-corrected chi connectivity index (χ3v) is 4.02. The van der Waals surface area contributed by atoms with Crippen LogP contribution >= 0.6 is 15.9 Å². The van der Waals surface area contributed by atoms with E-state index in [1.165, 1.54) is 0 Å². The van der Waals surface area contributed by atoms with Gasteiger partial charge in [-0.05, 0) is 42.8 Å². The Labute approximate surface area is 151 Å². The fourth-order valence-corrected chi connectivity index (χ4v) is 2.63. The predicted octanol–water partition coefficient (Wildman–Crippen LogP) is 5.03. The van der Waals surface area contributed by atoms with Gasteiger partial charge in [-0.1, -0.05) is 35.3 Å². The minimum Gasteiger partial charge on any atom is -0.496 e. The molecule has 0 spiro atoms. The molecule has 128 valence electrons. The number of hydrogen-bond acceptors (Lipinski definition) is 3. The number of carbonyl (C=O) groups excluding carboxylic acids is 1. The van der Waals surface area contributed by atoms with Crippen LogP contribution in [0.3, 0.4) is 0 Å². The van der Waals surface area contributed by atoms with E-state index < -0.39 is 0 Å². The molecule has 0 aliphatic rings. The summed E-state index contributed by atoms with van der Waals surface area (Å²) in [4.78, 5) is 12.4. The van der Waals surface area contributed by atoms with E-state index in [0.717, 1.165) is 34.3 Å². The van der Waals surface area contributed by atoms with E-state index in [-0.39, 0.29) is 5.91 Å². The van der Waals surface area contributed by atoms with E-state index in [1.54, 1.807) is 19.2 Å². The van der Waals surface area contributed by atoms with Crippen LogP contribution in [0.2, 0.25) is 0 Å². The molecule has 2 aromatic carbocycles. The molecule has 1 N–H and O–H groups in total. The number of unbranched alkanes of at least 4 members (excludes halogenated alkanes) is 1. The number of nitrogens with one attached hydrogen (secondary N) is 1. The summed E-state index contributed by atoms with van der Waals surface area (Å²) in [5.41, 5.74) is 2.19. The van der Waals surface area contributed by atoms with Crippen molar-refractivity contribution in [3.63, 3.8) is 0 Å². The van der Waals surface area contributed by atoms with Gasteiger partial charge in [0.2, 0.25) is 0 Å². The molecule has 0 heterocycles. The minimum atomic E-state index is -0.162. The Morgan fingerprint density at radius 1 is 1.21 bits per heavy atom. The summed E-state index contributed by atoms with van der Waals surface area (Å²) in [7, 11) is 1.62. The third-order valence-electron chi connectivity index (χ3n) is 3.52. The zero-order valence-corrected chi connectivity index (χ0v) is 15.6. The van der Waals surface area contributed by atoms with Crippen LogP contribution in [0.15, 0.2) is 46.9 Å². The average molecular weight is 392 g/mol. The number of rotatable bonds is 8. The van der Waals surface area contributed by atoms with Crippen molar-refractivity contribution in [1.29, 1.82) is 0 Å². The van der Waals surface area contributed by atoms with Gasteiger partial charge in [0.05, 0.1) is 13.7 Å². The van der Waals surface area contributed by atoms with Crippen molar-refractivity contribution in [2.45, 2.75) is 26.4 Å². The van der Waals surface area contributed by atoms with Crippen LogP contribution in [0, 0.1) is 0 Å². The molecule has 1 amide bonds.